The van der Waals surface area contributed by atoms with Crippen molar-refractivity contribution in [2.24, 2.45) is 5.41 Å². The molecule has 2 heterocycles. The number of esters is 1. The number of ether oxygens (including phenoxy) is 2. The summed E-state index contributed by atoms with van der Waals surface area (Å²) in [6.07, 6.45) is 2.97. The van der Waals surface area contributed by atoms with Crippen molar-refractivity contribution in [2.45, 2.75) is 31.6 Å². The van der Waals surface area contributed by atoms with E-state index >= 15 is 0 Å². The zero-order valence-electron chi connectivity index (χ0n) is 10.8. The summed E-state index contributed by atoms with van der Waals surface area (Å²) in [6.45, 7) is 3.43. The number of aryl methyl sites for hydroxylation is 1. The largest absolute Gasteiger partial charge is 0.469 e. The lowest BCUT2D eigenvalue weighted by atomic mass is 9.51. The first kappa shape index (κ1) is 12.2. The van der Waals surface area contributed by atoms with Gasteiger partial charge in [0.25, 0.3) is 0 Å². The van der Waals surface area contributed by atoms with Crippen LogP contribution in [0.15, 0.2) is 11.4 Å². The van der Waals surface area contributed by atoms with Gasteiger partial charge >= 0.3 is 5.97 Å². The second-order valence-electron chi connectivity index (χ2n) is 5.43. The molecule has 4 heteroatoms. The second-order valence-corrected chi connectivity index (χ2v) is 6.35. The maximum Gasteiger partial charge on any atom is 0.312 e. The molecule has 0 aromatic carbocycles. The lowest BCUT2D eigenvalue weighted by molar-refractivity contribution is -0.194. The lowest BCUT2D eigenvalue weighted by Crippen LogP contribution is -2.65. The van der Waals surface area contributed by atoms with E-state index in [1.807, 2.05) is 0 Å². The molecule has 1 aliphatic heterocycles. The number of methoxy groups -OCH3 is 1. The molecule has 0 spiro atoms. The molecule has 0 amide bonds. The van der Waals surface area contributed by atoms with Crippen molar-refractivity contribution >= 4 is 17.3 Å². The van der Waals surface area contributed by atoms with E-state index in [1.54, 1.807) is 11.3 Å². The molecule has 0 bridgehead atoms. The fourth-order valence-electron chi connectivity index (χ4n) is 3.40. The Morgan fingerprint density at radius 3 is 2.50 bits per heavy atom. The van der Waals surface area contributed by atoms with Gasteiger partial charge in [0.1, 0.15) is 0 Å². The minimum absolute atomic E-state index is 0.0511. The molecule has 2 fully saturated rings. The molecule has 1 aromatic rings. The molecule has 1 saturated carbocycles. The Morgan fingerprint density at radius 2 is 2.17 bits per heavy atom. The van der Waals surface area contributed by atoms with Gasteiger partial charge in [-0.15, -0.1) is 11.3 Å². The minimum atomic E-state index is -0.338. The third-order valence-corrected chi connectivity index (χ3v) is 5.91. The van der Waals surface area contributed by atoms with Crippen LogP contribution in [-0.4, -0.2) is 26.3 Å². The Hall–Kier alpha value is -0.870. The molecular formula is C14H18O3S. The Bertz CT molecular complexity index is 469. The summed E-state index contributed by atoms with van der Waals surface area (Å²) in [5.41, 5.74) is 0.810. The first-order valence-electron chi connectivity index (χ1n) is 6.37. The van der Waals surface area contributed by atoms with Crippen LogP contribution in [0.2, 0.25) is 0 Å². The van der Waals surface area contributed by atoms with Gasteiger partial charge in [-0.3, -0.25) is 4.79 Å². The minimum Gasteiger partial charge on any atom is -0.469 e. The molecule has 98 valence electrons. The van der Waals surface area contributed by atoms with Gasteiger partial charge in [-0.2, -0.15) is 0 Å². The van der Waals surface area contributed by atoms with Crippen molar-refractivity contribution in [3.63, 3.8) is 0 Å². The van der Waals surface area contributed by atoms with Gasteiger partial charge in [0.15, 0.2) is 0 Å². The van der Waals surface area contributed by atoms with Gasteiger partial charge in [-0.25, -0.2) is 0 Å². The number of thiophene rings is 1. The highest BCUT2D eigenvalue weighted by Crippen LogP contribution is 2.60. The van der Waals surface area contributed by atoms with E-state index in [9.17, 15) is 4.79 Å². The van der Waals surface area contributed by atoms with E-state index in [-0.39, 0.29) is 16.8 Å². The zero-order chi connectivity index (χ0) is 12.8. The van der Waals surface area contributed by atoms with Crippen molar-refractivity contribution in [3.05, 3.63) is 21.9 Å². The van der Waals surface area contributed by atoms with Crippen LogP contribution in [0.4, 0.5) is 0 Å². The fourth-order valence-corrected chi connectivity index (χ4v) is 4.60. The topological polar surface area (TPSA) is 35.5 Å². The zero-order valence-corrected chi connectivity index (χ0v) is 11.6. The van der Waals surface area contributed by atoms with E-state index in [0.717, 1.165) is 19.3 Å². The molecule has 3 nitrogen and oxygen atoms in total. The fraction of sp³-hybridized carbons (Fsp3) is 0.643. The SMILES string of the molecule is COC(=O)C1(C2(c3sccc3C)COC2)CCC1. The summed E-state index contributed by atoms with van der Waals surface area (Å²) in [7, 11) is 1.50. The van der Waals surface area contributed by atoms with Gasteiger partial charge < -0.3 is 9.47 Å². The number of carbonyl (C=O) groups is 1. The molecule has 18 heavy (non-hydrogen) atoms. The summed E-state index contributed by atoms with van der Waals surface area (Å²) in [6, 6.07) is 2.13. The Kier molecular flexibility index (Phi) is 2.75. The second kappa shape index (κ2) is 4.07. The number of carbonyl (C=O) groups excluding carboxylic acids is 1. The average Bonchev–Trinajstić information content (AvgIpc) is 2.66. The molecule has 0 atom stereocenters. The van der Waals surface area contributed by atoms with E-state index in [1.165, 1.54) is 17.6 Å². The maximum absolute atomic E-state index is 12.3. The summed E-state index contributed by atoms with van der Waals surface area (Å²) < 4.78 is 10.6. The summed E-state index contributed by atoms with van der Waals surface area (Å²) in [5.74, 6) is -0.0511. The van der Waals surface area contributed by atoms with Crippen molar-refractivity contribution in [2.75, 3.05) is 20.3 Å². The third-order valence-electron chi connectivity index (χ3n) is 4.69. The van der Waals surface area contributed by atoms with Crippen molar-refractivity contribution in [1.82, 2.24) is 0 Å². The van der Waals surface area contributed by atoms with Gasteiger partial charge in [0.2, 0.25) is 0 Å². The molecule has 0 radical (unpaired) electrons. The summed E-state index contributed by atoms with van der Waals surface area (Å²) in [5, 5.41) is 2.11. The quantitative estimate of drug-likeness (QED) is 0.789. The van der Waals surface area contributed by atoms with Crippen LogP contribution in [0.1, 0.15) is 29.7 Å². The molecular weight excluding hydrogens is 248 g/mol. The van der Waals surface area contributed by atoms with Gasteiger partial charge in [-0.05, 0) is 36.8 Å². The highest BCUT2D eigenvalue weighted by atomic mass is 32.1. The monoisotopic (exact) mass is 266 g/mol. The van der Waals surface area contributed by atoms with Crippen LogP contribution >= 0.6 is 11.3 Å². The number of hydrogen-bond donors (Lipinski definition) is 0. The van der Waals surface area contributed by atoms with E-state index in [4.69, 9.17) is 9.47 Å². The molecule has 1 saturated heterocycles. The summed E-state index contributed by atoms with van der Waals surface area (Å²) >= 11 is 1.75. The van der Waals surface area contributed by atoms with Crippen LogP contribution in [0, 0.1) is 12.3 Å². The molecule has 2 aliphatic rings. The van der Waals surface area contributed by atoms with Crippen molar-refractivity contribution in [1.29, 1.82) is 0 Å². The predicted molar refractivity (Wildman–Crippen MR) is 69.9 cm³/mol. The Morgan fingerprint density at radius 1 is 1.44 bits per heavy atom. The van der Waals surface area contributed by atoms with Gasteiger partial charge in [0, 0.05) is 4.88 Å². The number of rotatable bonds is 3. The van der Waals surface area contributed by atoms with Crippen LogP contribution in [0.5, 0.6) is 0 Å². The highest BCUT2D eigenvalue weighted by molar-refractivity contribution is 7.10. The van der Waals surface area contributed by atoms with Crippen LogP contribution < -0.4 is 0 Å². The molecule has 1 aromatic heterocycles. The van der Waals surface area contributed by atoms with Crippen LogP contribution in [0.25, 0.3) is 0 Å². The van der Waals surface area contributed by atoms with E-state index < -0.39 is 0 Å². The molecule has 3 rings (SSSR count). The Labute approximate surface area is 111 Å². The van der Waals surface area contributed by atoms with Gasteiger partial charge in [-0.1, -0.05) is 6.42 Å². The Balaban J connectivity index is 2.06. The number of hydrogen-bond acceptors (Lipinski definition) is 4. The standard InChI is InChI=1S/C14H18O3S/c1-10-4-7-18-11(10)14(8-17-9-14)13(5-3-6-13)12(15)16-2/h4,7H,3,5-6,8-9H2,1-2H3. The first-order chi connectivity index (χ1) is 8.66. The highest BCUT2D eigenvalue weighted by Gasteiger charge is 2.65. The first-order valence-corrected chi connectivity index (χ1v) is 7.25. The van der Waals surface area contributed by atoms with Crippen molar-refractivity contribution in [3.8, 4) is 0 Å². The lowest BCUT2D eigenvalue weighted by Gasteiger charge is -2.57. The maximum atomic E-state index is 12.3. The van der Waals surface area contributed by atoms with Gasteiger partial charge in [0.05, 0.1) is 31.2 Å². The van der Waals surface area contributed by atoms with Crippen LogP contribution in [0.3, 0.4) is 0 Å². The summed E-state index contributed by atoms with van der Waals surface area (Å²) in [4.78, 5) is 13.6. The third kappa shape index (κ3) is 1.30. The molecule has 0 N–H and O–H groups in total. The van der Waals surface area contributed by atoms with Crippen LogP contribution in [-0.2, 0) is 19.7 Å². The van der Waals surface area contributed by atoms with E-state index in [0.29, 0.717) is 13.2 Å². The predicted octanol–water partition coefficient (Wildman–Crippen LogP) is 2.67. The van der Waals surface area contributed by atoms with E-state index in [2.05, 4.69) is 18.4 Å². The normalized spacial score (nSPS) is 23.9. The molecule has 0 unspecified atom stereocenters. The van der Waals surface area contributed by atoms with Crippen molar-refractivity contribution < 1.29 is 14.3 Å². The molecule has 1 aliphatic carbocycles. The average molecular weight is 266 g/mol. The smallest absolute Gasteiger partial charge is 0.312 e.